The summed E-state index contributed by atoms with van der Waals surface area (Å²) in [5.41, 5.74) is -0.844. The van der Waals surface area contributed by atoms with E-state index in [-0.39, 0.29) is 0 Å². The summed E-state index contributed by atoms with van der Waals surface area (Å²) in [6.45, 7) is 1.13. The first-order valence-electron chi connectivity index (χ1n) is 5.72. The van der Waals surface area contributed by atoms with Crippen LogP contribution < -0.4 is 11.2 Å². The number of nitrogens with zero attached hydrogens (tertiary/aromatic N) is 1. The van der Waals surface area contributed by atoms with E-state index in [1.54, 1.807) is 0 Å². The third-order valence-corrected chi connectivity index (χ3v) is 3.16. The Morgan fingerprint density at radius 2 is 2.26 bits per heavy atom. The van der Waals surface area contributed by atoms with Crippen molar-refractivity contribution in [3.63, 3.8) is 0 Å². The molecule has 4 atom stereocenters. The minimum Gasteiger partial charge on any atom is -0.394 e. The summed E-state index contributed by atoms with van der Waals surface area (Å²) in [5.74, 6) is 1.57. The normalized spacial score (nSPS) is 30.2. The van der Waals surface area contributed by atoms with Crippen molar-refractivity contribution in [3.05, 3.63) is 32.6 Å². The number of aryl methyl sites for hydroxylation is 1. The molecule has 0 unspecified atom stereocenters. The maximum Gasteiger partial charge on any atom is 0.330 e. The number of rotatable bonds is 2. The van der Waals surface area contributed by atoms with Gasteiger partial charge in [-0.25, -0.2) is 4.79 Å². The van der Waals surface area contributed by atoms with Crippen LogP contribution in [-0.4, -0.2) is 38.6 Å². The molecule has 0 spiro atoms. The first kappa shape index (κ1) is 13.5. The number of aromatic nitrogens is 2. The number of aromatic amines is 1. The molecule has 1 aromatic rings. The van der Waals surface area contributed by atoms with Gasteiger partial charge in [0.15, 0.2) is 6.23 Å². The summed E-state index contributed by atoms with van der Waals surface area (Å²) in [6.07, 6.45) is 3.81. The molecular weight excluding hydrogens is 252 g/mol. The average molecular weight is 266 g/mol. The van der Waals surface area contributed by atoms with Crippen molar-refractivity contribution in [3.8, 4) is 12.3 Å². The van der Waals surface area contributed by atoms with Gasteiger partial charge in [0.1, 0.15) is 12.2 Å². The lowest BCUT2D eigenvalue weighted by Crippen LogP contribution is -2.35. The van der Waals surface area contributed by atoms with E-state index in [0.717, 1.165) is 4.57 Å². The molecule has 7 nitrogen and oxygen atoms in total. The molecule has 0 bridgehead atoms. The van der Waals surface area contributed by atoms with Crippen LogP contribution in [0.25, 0.3) is 0 Å². The first-order valence-corrected chi connectivity index (χ1v) is 5.72. The molecule has 0 saturated carbocycles. The van der Waals surface area contributed by atoms with E-state index < -0.39 is 42.2 Å². The van der Waals surface area contributed by atoms with Crippen LogP contribution in [-0.2, 0) is 4.74 Å². The van der Waals surface area contributed by atoms with E-state index in [9.17, 15) is 14.7 Å². The van der Waals surface area contributed by atoms with E-state index in [2.05, 4.69) is 10.9 Å². The van der Waals surface area contributed by atoms with E-state index in [0.29, 0.717) is 5.56 Å². The zero-order valence-electron chi connectivity index (χ0n) is 10.2. The summed E-state index contributed by atoms with van der Waals surface area (Å²) in [5, 5.41) is 19.0. The smallest absolute Gasteiger partial charge is 0.330 e. The Morgan fingerprint density at radius 1 is 1.58 bits per heavy atom. The van der Waals surface area contributed by atoms with E-state index in [1.807, 2.05) is 0 Å². The number of aliphatic hydroxyl groups excluding tert-OH is 2. The van der Waals surface area contributed by atoms with Gasteiger partial charge in [-0.3, -0.25) is 14.3 Å². The molecule has 1 aliphatic rings. The molecule has 7 heteroatoms. The highest BCUT2D eigenvalue weighted by Crippen LogP contribution is 2.33. The number of nitrogens with one attached hydrogen (secondary N) is 1. The predicted octanol–water partition coefficient (Wildman–Crippen LogP) is -1.65. The zero-order valence-corrected chi connectivity index (χ0v) is 10.2. The molecule has 0 aliphatic carbocycles. The molecular formula is C12H14N2O5. The fraction of sp³-hybridized carbons (Fsp3) is 0.500. The standard InChI is InChI=1S/C12H14N2O5/c1-3-7-9(16)8(5-15)19-11(7)14-4-6(2)10(17)13-12(14)18/h1,4,7-9,11,15-16H,5H2,2H3,(H,13,17,18)/t7-,8+,9-,11+/m0/s1. The number of H-pyrrole nitrogens is 1. The second-order valence-corrected chi connectivity index (χ2v) is 4.41. The Bertz CT molecular complexity index is 626. The quantitative estimate of drug-likeness (QED) is 0.556. The topological polar surface area (TPSA) is 105 Å². The Hall–Kier alpha value is -1.88. The van der Waals surface area contributed by atoms with Gasteiger partial charge in [0, 0.05) is 11.8 Å². The SMILES string of the molecule is C#C[C@H]1[C@H](O)[C@@H](CO)O[C@H]1n1cc(C)c(=O)[nH]c1=O. The van der Waals surface area contributed by atoms with Gasteiger partial charge in [0.2, 0.25) is 0 Å². The molecule has 2 heterocycles. The summed E-state index contributed by atoms with van der Waals surface area (Å²) in [7, 11) is 0. The number of hydrogen-bond acceptors (Lipinski definition) is 5. The molecule has 0 aromatic carbocycles. The molecule has 3 N–H and O–H groups in total. The largest absolute Gasteiger partial charge is 0.394 e. The van der Waals surface area contributed by atoms with Gasteiger partial charge in [-0.15, -0.1) is 6.42 Å². The van der Waals surface area contributed by atoms with Gasteiger partial charge in [0.05, 0.1) is 12.5 Å². The van der Waals surface area contributed by atoms with Crippen LogP contribution in [0.3, 0.4) is 0 Å². The lowest BCUT2D eigenvalue weighted by atomic mass is 10.0. The van der Waals surface area contributed by atoms with E-state index >= 15 is 0 Å². The highest BCUT2D eigenvalue weighted by atomic mass is 16.5. The molecule has 102 valence electrons. The van der Waals surface area contributed by atoms with Crippen LogP contribution >= 0.6 is 0 Å². The minimum atomic E-state index is -1.07. The Morgan fingerprint density at radius 3 is 2.84 bits per heavy atom. The fourth-order valence-corrected chi connectivity index (χ4v) is 2.09. The summed E-state index contributed by atoms with van der Waals surface area (Å²) >= 11 is 0. The lowest BCUT2D eigenvalue weighted by molar-refractivity contribution is -0.0470. The summed E-state index contributed by atoms with van der Waals surface area (Å²) in [4.78, 5) is 25.2. The molecule has 0 amide bonds. The van der Waals surface area contributed by atoms with Crippen LogP contribution in [0, 0.1) is 25.2 Å². The Balaban J connectivity index is 2.48. The van der Waals surface area contributed by atoms with Gasteiger partial charge in [-0.05, 0) is 6.92 Å². The highest BCUT2D eigenvalue weighted by Gasteiger charge is 2.43. The maximum atomic E-state index is 11.8. The first-order chi connectivity index (χ1) is 8.99. The summed E-state index contributed by atoms with van der Waals surface area (Å²) < 4.78 is 6.51. The number of ether oxygens (including phenoxy) is 1. The molecule has 19 heavy (non-hydrogen) atoms. The van der Waals surface area contributed by atoms with Gasteiger partial charge < -0.3 is 14.9 Å². The van der Waals surface area contributed by atoms with Crippen molar-refractivity contribution < 1.29 is 14.9 Å². The van der Waals surface area contributed by atoms with Crippen LogP contribution in [0.15, 0.2) is 15.8 Å². The van der Waals surface area contributed by atoms with Crippen molar-refractivity contribution >= 4 is 0 Å². The van der Waals surface area contributed by atoms with Gasteiger partial charge in [-0.2, -0.15) is 0 Å². The van der Waals surface area contributed by atoms with Crippen LogP contribution in [0.4, 0.5) is 0 Å². The summed E-state index contributed by atoms with van der Waals surface area (Å²) in [6, 6.07) is 0. The molecule has 1 aliphatic heterocycles. The number of terminal acetylenes is 1. The molecule has 1 saturated heterocycles. The predicted molar refractivity (Wildman–Crippen MR) is 65.4 cm³/mol. The zero-order chi connectivity index (χ0) is 14.2. The van der Waals surface area contributed by atoms with Gasteiger partial charge in [-0.1, -0.05) is 5.92 Å². The lowest BCUT2D eigenvalue weighted by Gasteiger charge is -2.17. The fourth-order valence-electron chi connectivity index (χ4n) is 2.09. The van der Waals surface area contributed by atoms with Crippen molar-refractivity contribution in [2.75, 3.05) is 6.61 Å². The van der Waals surface area contributed by atoms with Crippen LogP contribution in [0.5, 0.6) is 0 Å². The second kappa shape index (κ2) is 5.01. The van der Waals surface area contributed by atoms with Crippen molar-refractivity contribution in [1.29, 1.82) is 0 Å². The number of aliphatic hydroxyl groups is 2. The average Bonchev–Trinajstić information content (AvgIpc) is 2.70. The van der Waals surface area contributed by atoms with Gasteiger partial charge in [0.25, 0.3) is 5.56 Å². The highest BCUT2D eigenvalue weighted by molar-refractivity contribution is 5.08. The molecule has 1 fully saturated rings. The monoisotopic (exact) mass is 266 g/mol. The van der Waals surface area contributed by atoms with E-state index in [4.69, 9.17) is 16.3 Å². The van der Waals surface area contributed by atoms with Crippen molar-refractivity contribution in [1.82, 2.24) is 9.55 Å². The van der Waals surface area contributed by atoms with Gasteiger partial charge >= 0.3 is 5.69 Å². The van der Waals surface area contributed by atoms with E-state index in [1.165, 1.54) is 13.1 Å². The minimum absolute atomic E-state index is 0.320. The van der Waals surface area contributed by atoms with Crippen LogP contribution in [0.1, 0.15) is 11.8 Å². The molecule has 1 aromatic heterocycles. The third kappa shape index (κ3) is 2.21. The third-order valence-electron chi connectivity index (χ3n) is 3.16. The maximum absolute atomic E-state index is 11.8. The Kier molecular flexibility index (Phi) is 3.57. The van der Waals surface area contributed by atoms with Crippen LogP contribution in [0.2, 0.25) is 0 Å². The molecule has 0 radical (unpaired) electrons. The Labute approximate surface area is 108 Å². The second-order valence-electron chi connectivity index (χ2n) is 4.41. The van der Waals surface area contributed by atoms with Crippen molar-refractivity contribution in [2.24, 2.45) is 5.92 Å². The number of hydrogen-bond donors (Lipinski definition) is 3. The molecule has 2 rings (SSSR count). The van der Waals surface area contributed by atoms with Crippen molar-refractivity contribution in [2.45, 2.75) is 25.4 Å².